The second-order valence-corrected chi connectivity index (χ2v) is 4.04. The summed E-state index contributed by atoms with van der Waals surface area (Å²) in [5.74, 6) is 0.132. The molecule has 6 heteroatoms. The molecule has 1 aromatic heterocycles. The number of hydrogen-bond donors (Lipinski definition) is 1. The van der Waals surface area contributed by atoms with Crippen LogP contribution in [0.3, 0.4) is 0 Å². The summed E-state index contributed by atoms with van der Waals surface area (Å²) in [6.45, 7) is 6.20. The van der Waals surface area contributed by atoms with E-state index in [0.717, 1.165) is 5.56 Å². The molecule has 0 radical (unpaired) electrons. The summed E-state index contributed by atoms with van der Waals surface area (Å²) in [4.78, 5) is 11.8. The predicted molar refractivity (Wildman–Crippen MR) is 71.0 cm³/mol. The molecule has 1 rings (SSSR count). The normalized spacial score (nSPS) is 13.9. The van der Waals surface area contributed by atoms with Gasteiger partial charge in [0.05, 0.1) is 13.7 Å². The minimum atomic E-state index is -0.902. The molecule has 0 fully saturated rings. The van der Waals surface area contributed by atoms with Crippen molar-refractivity contribution in [2.24, 2.45) is 5.73 Å². The standard InChI is InChI=1S/C13H22N2O4/c1-5-18-12(10(14)13(16)19-6-2)15-8-7-9(3)11(15)17-4/h7-8,10,12H,5-6,14H2,1-4H3. The van der Waals surface area contributed by atoms with Gasteiger partial charge in [-0.2, -0.15) is 0 Å². The van der Waals surface area contributed by atoms with Crippen molar-refractivity contribution in [1.82, 2.24) is 4.57 Å². The molecule has 2 unspecified atom stereocenters. The Morgan fingerprint density at radius 1 is 1.42 bits per heavy atom. The van der Waals surface area contributed by atoms with Gasteiger partial charge in [-0.05, 0) is 26.8 Å². The van der Waals surface area contributed by atoms with Gasteiger partial charge in [0.1, 0.15) is 6.04 Å². The highest BCUT2D eigenvalue weighted by Gasteiger charge is 2.29. The maximum atomic E-state index is 11.8. The van der Waals surface area contributed by atoms with E-state index in [4.69, 9.17) is 19.9 Å². The number of rotatable bonds is 7. The molecule has 1 aromatic rings. The summed E-state index contributed by atoms with van der Waals surface area (Å²) >= 11 is 0. The van der Waals surface area contributed by atoms with Crippen molar-refractivity contribution in [3.8, 4) is 5.88 Å². The molecular formula is C13H22N2O4. The Labute approximate surface area is 113 Å². The van der Waals surface area contributed by atoms with Crippen LogP contribution in [-0.2, 0) is 14.3 Å². The minimum Gasteiger partial charge on any atom is -0.482 e. The van der Waals surface area contributed by atoms with Crippen molar-refractivity contribution in [3.05, 3.63) is 17.8 Å². The average Bonchev–Trinajstić information content (AvgIpc) is 2.76. The van der Waals surface area contributed by atoms with Gasteiger partial charge in [-0.15, -0.1) is 0 Å². The molecule has 2 N–H and O–H groups in total. The van der Waals surface area contributed by atoms with Crippen LogP contribution in [0.2, 0.25) is 0 Å². The molecule has 0 aromatic carbocycles. The molecule has 2 atom stereocenters. The van der Waals surface area contributed by atoms with Crippen molar-refractivity contribution in [2.45, 2.75) is 33.0 Å². The van der Waals surface area contributed by atoms with Gasteiger partial charge in [0.25, 0.3) is 0 Å². The van der Waals surface area contributed by atoms with E-state index in [-0.39, 0.29) is 6.61 Å². The number of nitrogens with zero attached hydrogens (tertiary/aromatic N) is 1. The summed E-state index contributed by atoms with van der Waals surface area (Å²) < 4.78 is 17.5. The van der Waals surface area contributed by atoms with Gasteiger partial charge < -0.3 is 19.9 Å². The van der Waals surface area contributed by atoms with Crippen molar-refractivity contribution in [2.75, 3.05) is 20.3 Å². The maximum absolute atomic E-state index is 11.8. The van der Waals surface area contributed by atoms with E-state index in [1.165, 1.54) is 0 Å². The van der Waals surface area contributed by atoms with E-state index in [1.807, 2.05) is 19.9 Å². The Balaban J connectivity index is 3.02. The maximum Gasteiger partial charge on any atom is 0.327 e. The number of aromatic nitrogens is 1. The summed E-state index contributed by atoms with van der Waals surface area (Å²) in [6, 6.07) is 0.975. The Hall–Kier alpha value is -1.53. The Bertz CT molecular complexity index is 417. The number of nitrogens with two attached hydrogens (primary N) is 1. The van der Waals surface area contributed by atoms with Crippen molar-refractivity contribution >= 4 is 5.97 Å². The molecule has 0 spiro atoms. The fourth-order valence-corrected chi connectivity index (χ4v) is 1.88. The molecule has 1 heterocycles. The Morgan fingerprint density at radius 2 is 2.11 bits per heavy atom. The van der Waals surface area contributed by atoms with Crippen LogP contribution >= 0.6 is 0 Å². The zero-order valence-electron chi connectivity index (χ0n) is 11.9. The second kappa shape index (κ2) is 7.16. The number of carbonyl (C=O) groups is 1. The fourth-order valence-electron chi connectivity index (χ4n) is 1.88. The highest BCUT2D eigenvalue weighted by molar-refractivity contribution is 5.76. The first-order chi connectivity index (χ1) is 9.06. The number of hydrogen-bond acceptors (Lipinski definition) is 5. The van der Waals surface area contributed by atoms with Crippen LogP contribution in [-0.4, -0.2) is 36.9 Å². The number of ether oxygens (including phenoxy) is 3. The minimum absolute atomic E-state index is 0.285. The monoisotopic (exact) mass is 270 g/mol. The third-order valence-electron chi connectivity index (χ3n) is 2.73. The number of methoxy groups -OCH3 is 1. The molecule has 0 amide bonds. The largest absolute Gasteiger partial charge is 0.482 e. The van der Waals surface area contributed by atoms with E-state index in [2.05, 4.69) is 0 Å². The van der Waals surface area contributed by atoms with Gasteiger partial charge >= 0.3 is 5.97 Å². The lowest BCUT2D eigenvalue weighted by molar-refractivity contribution is -0.151. The van der Waals surface area contributed by atoms with Crippen LogP contribution in [0.15, 0.2) is 12.3 Å². The topological polar surface area (TPSA) is 75.7 Å². The lowest BCUT2D eigenvalue weighted by atomic mass is 10.2. The highest BCUT2D eigenvalue weighted by atomic mass is 16.5. The summed E-state index contributed by atoms with van der Waals surface area (Å²) in [6.07, 6.45) is 1.14. The van der Waals surface area contributed by atoms with Crippen LogP contribution in [0, 0.1) is 6.92 Å². The number of esters is 1. The summed E-state index contributed by atoms with van der Waals surface area (Å²) in [7, 11) is 1.57. The number of carbonyl (C=O) groups excluding carboxylic acids is 1. The first kappa shape index (κ1) is 15.5. The van der Waals surface area contributed by atoms with Crippen LogP contribution in [0.1, 0.15) is 25.6 Å². The Kier molecular flexibility index (Phi) is 5.85. The second-order valence-electron chi connectivity index (χ2n) is 4.04. The predicted octanol–water partition coefficient (Wildman–Crippen LogP) is 1.23. The molecule has 108 valence electrons. The van der Waals surface area contributed by atoms with E-state index in [0.29, 0.717) is 12.5 Å². The summed E-state index contributed by atoms with van der Waals surface area (Å²) in [5.41, 5.74) is 6.87. The van der Waals surface area contributed by atoms with Crippen LogP contribution in [0.5, 0.6) is 5.88 Å². The van der Waals surface area contributed by atoms with E-state index >= 15 is 0 Å². The van der Waals surface area contributed by atoms with Crippen LogP contribution in [0.25, 0.3) is 0 Å². The van der Waals surface area contributed by atoms with E-state index in [1.54, 1.807) is 24.8 Å². The smallest absolute Gasteiger partial charge is 0.327 e. The van der Waals surface area contributed by atoms with Gasteiger partial charge in [0.2, 0.25) is 0 Å². The lowest BCUT2D eigenvalue weighted by Crippen LogP contribution is -2.42. The molecular weight excluding hydrogens is 248 g/mol. The highest BCUT2D eigenvalue weighted by Crippen LogP contribution is 2.26. The molecule has 0 aliphatic carbocycles. The summed E-state index contributed by atoms with van der Waals surface area (Å²) in [5, 5.41) is 0. The molecule has 0 bridgehead atoms. The lowest BCUT2D eigenvalue weighted by Gasteiger charge is -2.25. The van der Waals surface area contributed by atoms with Crippen LogP contribution in [0.4, 0.5) is 0 Å². The Morgan fingerprint density at radius 3 is 2.63 bits per heavy atom. The molecule has 6 nitrogen and oxygen atoms in total. The van der Waals surface area contributed by atoms with Crippen molar-refractivity contribution in [3.63, 3.8) is 0 Å². The quantitative estimate of drug-likeness (QED) is 0.754. The van der Waals surface area contributed by atoms with Crippen molar-refractivity contribution in [1.29, 1.82) is 0 Å². The van der Waals surface area contributed by atoms with Crippen LogP contribution < -0.4 is 10.5 Å². The van der Waals surface area contributed by atoms with Gasteiger partial charge in [-0.1, -0.05) is 0 Å². The molecule has 19 heavy (non-hydrogen) atoms. The van der Waals surface area contributed by atoms with Crippen molar-refractivity contribution < 1.29 is 19.0 Å². The fraction of sp³-hybridized carbons (Fsp3) is 0.615. The SMILES string of the molecule is CCOC(=O)C(N)C(OCC)n1ccc(C)c1OC. The number of aryl methyl sites for hydroxylation is 1. The van der Waals surface area contributed by atoms with Gasteiger partial charge in [0.15, 0.2) is 12.1 Å². The zero-order chi connectivity index (χ0) is 14.4. The molecule has 0 aliphatic heterocycles. The van der Waals surface area contributed by atoms with E-state index in [9.17, 15) is 4.79 Å². The molecule has 0 saturated carbocycles. The molecule has 0 saturated heterocycles. The third-order valence-corrected chi connectivity index (χ3v) is 2.73. The van der Waals surface area contributed by atoms with Gasteiger partial charge in [0, 0.05) is 18.4 Å². The van der Waals surface area contributed by atoms with Gasteiger partial charge in [-0.3, -0.25) is 9.36 Å². The first-order valence-corrected chi connectivity index (χ1v) is 6.32. The third kappa shape index (κ3) is 3.48. The first-order valence-electron chi connectivity index (χ1n) is 6.32. The zero-order valence-corrected chi connectivity index (χ0v) is 11.9. The van der Waals surface area contributed by atoms with Gasteiger partial charge in [-0.25, -0.2) is 0 Å². The van der Waals surface area contributed by atoms with E-state index < -0.39 is 18.2 Å². The molecule has 0 aliphatic rings. The average molecular weight is 270 g/mol.